The standard InChI is InChI=1S/C10H14F2N2O4S2/c1-19(15,16)14-7-6-13-8-4-2-3-5-9(8)20(17,18)10(11)12/h2-5,10,13-14H,6-7H2,1H3. The van der Waals surface area contributed by atoms with Crippen molar-refractivity contribution >= 4 is 25.5 Å². The predicted molar refractivity (Wildman–Crippen MR) is 71.0 cm³/mol. The van der Waals surface area contributed by atoms with E-state index in [4.69, 9.17) is 0 Å². The molecule has 0 saturated heterocycles. The first kappa shape index (κ1) is 16.8. The largest absolute Gasteiger partial charge is 0.383 e. The quantitative estimate of drug-likeness (QED) is 0.717. The Hall–Kier alpha value is -1.26. The summed E-state index contributed by atoms with van der Waals surface area (Å²) in [5.41, 5.74) is 0.00287. The Morgan fingerprint density at radius 3 is 2.25 bits per heavy atom. The minimum Gasteiger partial charge on any atom is -0.383 e. The second kappa shape index (κ2) is 6.46. The van der Waals surface area contributed by atoms with Crippen LogP contribution in [0.3, 0.4) is 0 Å². The molecule has 0 fully saturated rings. The number of benzene rings is 1. The summed E-state index contributed by atoms with van der Waals surface area (Å²) in [6.45, 7) is 0.0603. The molecule has 0 atom stereocenters. The fraction of sp³-hybridized carbons (Fsp3) is 0.400. The maximum absolute atomic E-state index is 12.5. The maximum atomic E-state index is 12.5. The maximum Gasteiger partial charge on any atom is 0.341 e. The van der Waals surface area contributed by atoms with Gasteiger partial charge in [-0.15, -0.1) is 0 Å². The van der Waals surface area contributed by atoms with Crippen molar-refractivity contribution in [3.8, 4) is 0 Å². The number of nitrogens with one attached hydrogen (secondary N) is 2. The second-order valence-corrected chi connectivity index (χ2v) is 7.61. The van der Waals surface area contributed by atoms with E-state index < -0.39 is 30.5 Å². The van der Waals surface area contributed by atoms with Gasteiger partial charge in [0.15, 0.2) is 0 Å². The third-order valence-corrected chi connectivity index (χ3v) is 4.40. The van der Waals surface area contributed by atoms with Gasteiger partial charge >= 0.3 is 5.76 Å². The van der Waals surface area contributed by atoms with Crippen LogP contribution in [0.4, 0.5) is 14.5 Å². The first-order valence-corrected chi connectivity index (χ1v) is 8.88. The van der Waals surface area contributed by atoms with Crippen LogP contribution < -0.4 is 10.0 Å². The summed E-state index contributed by atoms with van der Waals surface area (Å²) < 4.78 is 71.8. The summed E-state index contributed by atoms with van der Waals surface area (Å²) in [6, 6.07) is 5.20. The molecule has 0 aliphatic carbocycles. The molecule has 6 nitrogen and oxygen atoms in total. The molecule has 1 aromatic rings. The van der Waals surface area contributed by atoms with E-state index in [9.17, 15) is 25.6 Å². The van der Waals surface area contributed by atoms with Crippen LogP contribution in [0.2, 0.25) is 0 Å². The third-order valence-electron chi connectivity index (χ3n) is 2.23. The lowest BCUT2D eigenvalue weighted by atomic mass is 10.3. The SMILES string of the molecule is CS(=O)(=O)NCCNc1ccccc1S(=O)(=O)C(F)F. The molecule has 2 N–H and O–H groups in total. The Morgan fingerprint density at radius 2 is 1.70 bits per heavy atom. The van der Waals surface area contributed by atoms with Crippen molar-refractivity contribution in [3.63, 3.8) is 0 Å². The number of halogens is 2. The molecule has 0 spiro atoms. The van der Waals surface area contributed by atoms with E-state index in [1.165, 1.54) is 18.2 Å². The highest BCUT2D eigenvalue weighted by Gasteiger charge is 2.28. The monoisotopic (exact) mass is 328 g/mol. The topological polar surface area (TPSA) is 92.3 Å². The fourth-order valence-electron chi connectivity index (χ4n) is 1.39. The molecule has 0 aromatic heterocycles. The molecule has 114 valence electrons. The molecule has 0 unspecified atom stereocenters. The number of rotatable bonds is 7. The van der Waals surface area contributed by atoms with Gasteiger partial charge in [-0.3, -0.25) is 0 Å². The zero-order chi connectivity index (χ0) is 15.4. The summed E-state index contributed by atoms with van der Waals surface area (Å²) in [5.74, 6) is -3.51. The minimum absolute atomic E-state index is 0.00188. The Bertz CT molecular complexity index is 660. The summed E-state index contributed by atoms with van der Waals surface area (Å²) in [7, 11) is -8.07. The number of sulfone groups is 1. The van der Waals surface area contributed by atoms with Crippen molar-refractivity contribution in [2.24, 2.45) is 0 Å². The van der Waals surface area contributed by atoms with E-state index in [2.05, 4.69) is 10.0 Å². The van der Waals surface area contributed by atoms with Crippen LogP contribution in [0.25, 0.3) is 0 Å². The first-order valence-electron chi connectivity index (χ1n) is 5.44. The van der Waals surface area contributed by atoms with Crippen LogP contribution in [0.15, 0.2) is 29.2 Å². The van der Waals surface area contributed by atoms with Crippen molar-refractivity contribution in [1.29, 1.82) is 0 Å². The van der Waals surface area contributed by atoms with Crippen LogP contribution >= 0.6 is 0 Å². The highest BCUT2D eigenvalue weighted by Crippen LogP contribution is 2.25. The molecule has 0 aliphatic rings. The number of hydrogen-bond acceptors (Lipinski definition) is 5. The Kier molecular flexibility index (Phi) is 5.42. The fourth-order valence-corrected chi connectivity index (χ4v) is 2.77. The lowest BCUT2D eigenvalue weighted by molar-refractivity contribution is 0.235. The van der Waals surface area contributed by atoms with Gasteiger partial charge in [-0.2, -0.15) is 8.78 Å². The highest BCUT2D eigenvalue weighted by molar-refractivity contribution is 7.91. The molecule has 1 rings (SSSR count). The van der Waals surface area contributed by atoms with E-state index in [1.54, 1.807) is 0 Å². The van der Waals surface area contributed by atoms with Gasteiger partial charge in [0.2, 0.25) is 19.9 Å². The van der Waals surface area contributed by atoms with Gasteiger partial charge in [0.25, 0.3) is 0 Å². The van der Waals surface area contributed by atoms with E-state index in [1.807, 2.05) is 0 Å². The van der Waals surface area contributed by atoms with Crippen molar-refractivity contribution in [2.75, 3.05) is 24.7 Å². The zero-order valence-electron chi connectivity index (χ0n) is 10.5. The van der Waals surface area contributed by atoms with Gasteiger partial charge in [-0.25, -0.2) is 21.6 Å². The van der Waals surface area contributed by atoms with Crippen molar-refractivity contribution in [1.82, 2.24) is 4.72 Å². The van der Waals surface area contributed by atoms with Gasteiger partial charge in [-0.1, -0.05) is 12.1 Å². The van der Waals surface area contributed by atoms with Crippen LogP contribution in [0, 0.1) is 0 Å². The average Bonchev–Trinajstić information content (AvgIpc) is 2.33. The van der Waals surface area contributed by atoms with Gasteiger partial charge in [-0.05, 0) is 12.1 Å². The lowest BCUT2D eigenvalue weighted by Crippen LogP contribution is -2.28. The highest BCUT2D eigenvalue weighted by atomic mass is 32.2. The van der Waals surface area contributed by atoms with Gasteiger partial charge in [0, 0.05) is 13.1 Å². The predicted octanol–water partition coefficient (Wildman–Crippen LogP) is 0.644. The second-order valence-electron chi connectivity index (χ2n) is 3.90. The number of hydrogen-bond donors (Lipinski definition) is 2. The molecular formula is C10H14F2N2O4S2. The Balaban J connectivity index is 2.82. The van der Waals surface area contributed by atoms with E-state index in [0.717, 1.165) is 12.3 Å². The molecule has 0 amide bonds. The summed E-state index contributed by atoms with van der Waals surface area (Å²) in [5, 5.41) is 2.61. The zero-order valence-corrected chi connectivity index (χ0v) is 12.1. The Labute approximate surface area is 116 Å². The van der Waals surface area contributed by atoms with E-state index in [0.29, 0.717) is 0 Å². The Morgan fingerprint density at radius 1 is 1.10 bits per heavy atom. The normalized spacial score (nSPS) is 12.6. The van der Waals surface area contributed by atoms with E-state index >= 15 is 0 Å². The average molecular weight is 328 g/mol. The molecule has 0 radical (unpaired) electrons. The van der Waals surface area contributed by atoms with Crippen LogP contribution in [0.1, 0.15) is 0 Å². The third kappa shape index (κ3) is 4.69. The smallest absolute Gasteiger partial charge is 0.341 e. The summed E-state index contributed by atoms with van der Waals surface area (Å²) in [6.07, 6.45) is 0.974. The van der Waals surface area contributed by atoms with Crippen LogP contribution in [-0.4, -0.2) is 41.9 Å². The van der Waals surface area contributed by atoms with Gasteiger partial charge < -0.3 is 5.32 Å². The summed E-state index contributed by atoms with van der Waals surface area (Å²) in [4.78, 5) is -0.519. The minimum atomic E-state index is -4.71. The van der Waals surface area contributed by atoms with Crippen molar-refractivity contribution < 1.29 is 25.6 Å². The molecule has 0 saturated carbocycles. The number of alkyl halides is 2. The lowest BCUT2D eigenvalue weighted by Gasteiger charge is -2.12. The molecule has 0 bridgehead atoms. The van der Waals surface area contributed by atoms with Crippen LogP contribution in [-0.2, 0) is 19.9 Å². The molecule has 10 heteroatoms. The molecule has 0 aliphatic heterocycles. The number of anilines is 1. The number of sulfonamides is 1. The van der Waals surface area contributed by atoms with Crippen molar-refractivity contribution in [2.45, 2.75) is 10.7 Å². The molecular weight excluding hydrogens is 314 g/mol. The molecule has 0 heterocycles. The van der Waals surface area contributed by atoms with E-state index in [-0.39, 0.29) is 18.8 Å². The summed E-state index contributed by atoms with van der Waals surface area (Å²) >= 11 is 0. The number of para-hydroxylation sites is 1. The molecule has 20 heavy (non-hydrogen) atoms. The molecule has 1 aromatic carbocycles. The van der Waals surface area contributed by atoms with Crippen LogP contribution in [0.5, 0.6) is 0 Å². The van der Waals surface area contributed by atoms with Gasteiger partial charge in [0.1, 0.15) is 0 Å². The van der Waals surface area contributed by atoms with Gasteiger partial charge in [0.05, 0.1) is 16.8 Å². The first-order chi connectivity index (χ1) is 9.14. The van der Waals surface area contributed by atoms with Crippen molar-refractivity contribution in [3.05, 3.63) is 24.3 Å².